The minimum atomic E-state index is -0.718. The molecule has 0 amide bonds. The van der Waals surface area contributed by atoms with E-state index in [-0.39, 0.29) is 5.41 Å². The van der Waals surface area contributed by atoms with E-state index in [9.17, 15) is 5.11 Å². The van der Waals surface area contributed by atoms with E-state index in [1.165, 1.54) is 16.4 Å². The monoisotopic (exact) mass is 539 g/mol. The number of aliphatic imine (C=N–C) groups is 1. The molecule has 0 spiro atoms. The first-order valence-corrected chi connectivity index (χ1v) is 15.5. The first-order chi connectivity index (χ1) is 19.5. The zero-order valence-corrected chi connectivity index (χ0v) is 23.9. The fraction of sp³-hybridized carbons (Fsp3) is 0.162. The third-order valence-corrected chi connectivity index (χ3v) is 10.9. The van der Waals surface area contributed by atoms with Crippen LogP contribution in [0.5, 0.6) is 5.75 Å². The summed E-state index contributed by atoms with van der Waals surface area (Å²) < 4.78 is 0. The van der Waals surface area contributed by atoms with Crippen molar-refractivity contribution in [1.82, 2.24) is 0 Å². The second-order valence-corrected chi connectivity index (χ2v) is 13.2. The molecule has 1 aliphatic rings. The van der Waals surface area contributed by atoms with Gasteiger partial charge in [0.2, 0.25) is 0 Å². The first kappa shape index (κ1) is 26.2. The van der Waals surface area contributed by atoms with E-state index in [1.54, 1.807) is 0 Å². The molecule has 1 heterocycles. The zero-order valence-electron chi connectivity index (χ0n) is 23.0. The van der Waals surface area contributed by atoms with Crippen LogP contribution in [0.25, 0.3) is 0 Å². The molecule has 0 bridgehead atoms. The van der Waals surface area contributed by atoms with Gasteiger partial charge in [-0.2, -0.15) is 0 Å². The number of phenols is 1. The molecule has 3 heteroatoms. The number of para-hydroxylation sites is 2. The Kier molecular flexibility index (Phi) is 7.13. The Morgan fingerprint density at radius 2 is 1.25 bits per heavy atom. The van der Waals surface area contributed by atoms with E-state index in [1.807, 2.05) is 24.3 Å². The predicted molar refractivity (Wildman–Crippen MR) is 170 cm³/mol. The largest absolute Gasteiger partial charge is 0.507 e. The zero-order chi connectivity index (χ0) is 27.6. The molecular weight excluding hydrogens is 505 g/mol. The average Bonchev–Trinajstić information content (AvgIpc) is 3.38. The molecule has 198 valence electrons. The molecule has 0 aliphatic carbocycles. The molecule has 1 saturated heterocycles. The molecule has 1 N–H and O–H groups in total. The number of phenolic OH excluding ortho intramolecular Hbond substituents is 1. The summed E-state index contributed by atoms with van der Waals surface area (Å²) in [5.41, 5.74) is 5.39. The standard InChI is InChI=1S/C37H34NOP/c1-36(2,28-16-7-3-8-17-28)32-24-15-25-33(34(32)39)37(29-18-9-4-10-19-29)26-27-40(31-22-13-6-14-23-31)35(37)38-30-20-11-5-12-21-30/h3-25,39H,26-27H2,1-2H3. The van der Waals surface area contributed by atoms with Crippen molar-refractivity contribution in [2.45, 2.75) is 31.1 Å². The van der Waals surface area contributed by atoms with Crippen molar-refractivity contribution in [1.29, 1.82) is 0 Å². The van der Waals surface area contributed by atoms with Gasteiger partial charge in [0.1, 0.15) is 5.75 Å². The van der Waals surface area contributed by atoms with Crippen LogP contribution in [-0.4, -0.2) is 16.7 Å². The van der Waals surface area contributed by atoms with Gasteiger partial charge in [-0.25, -0.2) is 0 Å². The molecule has 2 nitrogen and oxygen atoms in total. The van der Waals surface area contributed by atoms with Crippen molar-refractivity contribution in [3.63, 3.8) is 0 Å². The van der Waals surface area contributed by atoms with E-state index in [0.717, 1.165) is 34.8 Å². The van der Waals surface area contributed by atoms with Crippen LogP contribution in [-0.2, 0) is 10.8 Å². The van der Waals surface area contributed by atoms with E-state index < -0.39 is 13.3 Å². The van der Waals surface area contributed by atoms with E-state index in [0.29, 0.717) is 5.75 Å². The van der Waals surface area contributed by atoms with Gasteiger partial charge < -0.3 is 5.11 Å². The van der Waals surface area contributed by atoms with Crippen molar-refractivity contribution < 1.29 is 5.11 Å². The van der Waals surface area contributed by atoms with Gasteiger partial charge in [-0.1, -0.05) is 141 Å². The molecular formula is C37H34NOP. The summed E-state index contributed by atoms with van der Waals surface area (Å²) in [7, 11) is -0.718. The Labute approximate surface area is 238 Å². The number of aromatic hydroxyl groups is 1. The summed E-state index contributed by atoms with van der Waals surface area (Å²) in [6, 6.07) is 48.6. The van der Waals surface area contributed by atoms with Crippen molar-refractivity contribution in [3.05, 3.63) is 162 Å². The summed E-state index contributed by atoms with van der Waals surface area (Å²) in [6.07, 6.45) is 1.89. The minimum Gasteiger partial charge on any atom is -0.507 e. The average molecular weight is 540 g/mol. The molecule has 0 saturated carbocycles. The maximum atomic E-state index is 12.3. The highest BCUT2D eigenvalue weighted by Crippen LogP contribution is 2.60. The van der Waals surface area contributed by atoms with Gasteiger partial charge in [0.25, 0.3) is 0 Å². The van der Waals surface area contributed by atoms with Crippen LogP contribution in [0.1, 0.15) is 42.5 Å². The molecule has 0 aromatic heterocycles. The van der Waals surface area contributed by atoms with Crippen LogP contribution in [0.2, 0.25) is 0 Å². The van der Waals surface area contributed by atoms with Gasteiger partial charge in [0, 0.05) is 16.5 Å². The van der Waals surface area contributed by atoms with Crippen molar-refractivity contribution >= 4 is 24.4 Å². The molecule has 2 atom stereocenters. The van der Waals surface area contributed by atoms with Gasteiger partial charge >= 0.3 is 0 Å². The summed E-state index contributed by atoms with van der Waals surface area (Å²) >= 11 is 0. The normalized spacial score (nSPS) is 20.1. The number of nitrogens with zero attached hydrogens (tertiary/aromatic N) is 1. The van der Waals surface area contributed by atoms with E-state index in [4.69, 9.17) is 4.99 Å². The summed E-state index contributed by atoms with van der Waals surface area (Å²) in [5.74, 6) is 0.367. The molecule has 1 aliphatic heterocycles. The molecule has 0 radical (unpaired) electrons. The predicted octanol–water partition coefficient (Wildman–Crippen LogP) is 8.95. The van der Waals surface area contributed by atoms with Gasteiger partial charge in [0.15, 0.2) is 0 Å². The van der Waals surface area contributed by atoms with Crippen molar-refractivity contribution in [2.24, 2.45) is 4.99 Å². The van der Waals surface area contributed by atoms with Crippen molar-refractivity contribution in [2.75, 3.05) is 6.16 Å². The van der Waals surface area contributed by atoms with Gasteiger partial charge in [-0.15, -0.1) is 0 Å². The van der Waals surface area contributed by atoms with Crippen molar-refractivity contribution in [3.8, 4) is 5.75 Å². The highest BCUT2D eigenvalue weighted by molar-refractivity contribution is 7.82. The quantitative estimate of drug-likeness (QED) is 0.215. The second-order valence-electron chi connectivity index (χ2n) is 11.0. The van der Waals surface area contributed by atoms with Crippen LogP contribution in [0, 0.1) is 0 Å². The van der Waals surface area contributed by atoms with E-state index >= 15 is 0 Å². The molecule has 5 aromatic carbocycles. The summed E-state index contributed by atoms with van der Waals surface area (Å²) in [4.78, 5) is 5.45. The Morgan fingerprint density at radius 1 is 0.675 bits per heavy atom. The molecule has 40 heavy (non-hydrogen) atoms. The second kappa shape index (κ2) is 10.9. The van der Waals surface area contributed by atoms with Gasteiger partial charge in [0.05, 0.1) is 16.6 Å². The number of rotatable bonds is 6. The van der Waals surface area contributed by atoms with Gasteiger partial charge in [-0.05, 0) is 49.1 Å². The summed E-state index contributed by atoms with van der Waals surface area (Å²) in [5, 5.41) is 13.6. The van der Waals surface area contributed by atoms with E-state index in [2.05, 4.69) is 129 Å². The minimum absolute atomic E-state index is 0.367. The smallest absolute Gasteiger partial charge is 0.124 e. The van der Waals surface area contributed by atoms with Crippen LogP contribution in [0.4, 0.5) is 5.69 Å². The molecule has 6 rings (SSSR count). The van der Waals surface area contributed by atoms with Crippen LogP contribution < -0.4 is 5.30 Å². The lowest BCUT2D eigenvalue weighted by atomic mass is 9.70. The topological polar surface area (TPSA) is 32.6 Å². The molecule has 2 unspecified atom stereocenters. The maximum absolute atomic E-state index is 12.3. The number of hydrogen-bond donors (Lipinski definition) is 1. The third-order valence-electron chi connectivity index (χ3n) is 8.34. The molecule has 5 aromatic rings. The Balaban J connectivity index is 1.63. The fourth-order valence-electron chi connectivity index (χ4n) is 6.18. The third kappa shape index (κ3) is 4.57. The lowest BCUT2D eigenvalue weighted by Crippen LogP contribution is -2.33. The number of hydrogen-bond acceptors (Lipinski definition) is 2. The molecule has 1 fully saturated rings. The maximum Gasteiger partial charge on any atom is 0.124 e. The number of benzene rings is 5. The highest BCUT2D eigenvalue weighted by Gasteiger charge is 2.50. The Bertz CT molecular complexity index is 1620. The SMILES string of the molecule is CC(C)(c1ccccc1)c1cccc(C2(c3ccccc3)CCP(c3ccccc3)C2=Nc2ccccc2)c1O. The lowest BCUT2D eigenvalue weighted by Gasteiger charge is -2.35. The fourth-order valence-corrected chi connectivity index (χ4v) is 9.04. The first-order valence-electron chi connectivity index (χ1n) is 13.9. The summed E-state index contributed by atoms with van der Waals surface area (Å²) in [6.45, 7) is 4.39. The Hall–Kier alpha value is -4.00. The van der Waals surface area contributed by atoms with Crippen LogP contribution >= 0.6 is 7.92 Å². The Morgan fingerprint density at radius 3 is 1.90 bits per heavy atom. The van der Waals surface area contributed by atoms with Crippen LogP contribution in [0.3, 0.4) is 0 Å². The highest BCUT2D eigenvalue weighted by atomic mass is 31.1. The lowest BCUT2D eigenvalue weighted by molar-refractivity contribution is 0.438. The van der Waals surface area contributed by atoms with Gasteiger partial charge in [-0.3, -0.25) is 4.99 Å². The van der Waals surface area contributed by atoms with Crippen LogP contribution in [0.15, 0.2) is 145 Å².